The Bertz CT molecular complexity index is 610. The largest absolute Gasteiger partial charge is 0.465 e. The number of esters is 1. The van der Waals surface area contributed by atoms with E-state index in [0.29, 0.717) is 0 Å². The quantitative estimate of drug-likeness (QED) is 0.731. The molecule has 138 valence electrons. The Morgan fingerprint density at radius 2 is 1.92 bits per heavy atom. The predicted molar refractivity (Wildman–Crippen MR) is 85.8 cm³/mol. The molecule has 1 fully saturated rings. The van der Waals surface area contributed by atoms with Crippen molar-refractivity contribution >= 4 is 11.9 Å². The van der Waals surface area contributed by atoms with Crippen molar-refractivity contribution in [3.8, 4) is 0 Å². The molecule has 0 aliphatic heterocycles. The van der Waals surface area contributed by atoms with Crippen LogP contribution in [0.15, 0.2) is 24.3 Å². The molecule has 1 aliphatic carbocycles. The topological polar surface area (TPSA) is 46.6 Å². The summed E-state index contributed by atoms with van der Waals surface area (Å²) in [6.07, 6.45) is -1.07. The highest BCUT2D eigenvalue weighted by atomic mass is 19.4. The molecule has 0 unspecified atom stereocenters. The third-order valence-corrected chi connectivity index (χ3v) is 4.30. The van der Waals surface area contributed by atoms with E-state index >= 15 is 0 Å². The van der Waals surface area contributed by atoms with E-state index in [0.717, 1.165) is 37.8 Å². The molecule has 0 atom stereocenters. The van der Waals surface area contributed by atoms with Crippen molar-refractivity contribution in [1.82, 2.24) is 4.90 Å². The Morgan fingerprint density at radius 1 is 1.24 bits per heavy atom. The minimum atomic E-state index is -4.45. The van der Waals surface area contributed by atoms with E-state index in [9.17, 15) is 22.8 Å². The van der Waals surface area contributed by atoms with Crippen molar-refractivity contribution in [2.75, 3.05) is 13.2 Å². The Labute approximate surface area is 144 Å². The van der Waals surface area contributed by atoms with Gasteiger partial charge in [0.05, 0.1) is 18.6 Å². The number of carbonyl (C=O) groups excluding carboxylic acids is 2. The lowest BCUT2D eigenvalue weighted by molar-refractivity contribution is -0.150. The van der Waals surface area contributed by atoms with Gasteiger partial charge in [-0.25, -0.2) is 0 Å². The van der Waals surface area contributed by atoms with Gasteiger partial charge in [-0.15, -0.1) is 0 Å². The fourth-order valence-corrected chi connectivity index (χ4v) is 3.12. The summed E-state index contributed by atoms with van der Waals surface area (Å²) in [5, 5.41) is 0. The number of halogens is 3. The number of carbonyl (C=O) groups is 2. The maximum atomic E-state index is 12.8. The highest BCUT2D eigenvalue weighted by Crippen LogP contribution is 2.30. The summed E-state index contributed by atoms with van der Waals surface area (Å²) < 4.78 is 43.3. The number of amides is 1. The van der Waals surface area contributed by atoms with Gasteiger partial charge in [0.2, 0.25) is 5.91 Å². The minimum absolute atomic E-state index is 0.0531. The Kier molecular flexibility index (Phi) is 6.45. The molecule has 0 radical (unpaired) electrons. The van der Waals surface area contributed by atoms with Crippen LogP contribution in [0.25, 0.3) is 0 Å². The van der Waals surface area contributed by atoms with Crippen molar-refractivity contribution < 1.29 is 27.5 Å². The molecule has 4 nitrogen and oxygen atoms in total. The van der Waals surface area contributed by atoms with Gasteiger partial charge >= 0.3 is 12.1 Å². The number of benzene rings is 1. The van der Waals surface area contributed by atoms with Gasteiger partial charge in [0, 0.05) is 6.04 Å². The highest BCUT2D eigenvalue weighted by Gasteiger charge is 2.32. The zero-order valence-corrected chi connectivity index (χ0v) is 14.1. The summed E-state index contributed by atoms with van der Waals surface area (Å²) in [6.45, 7) is 1.75. The Balaban J connectivity index is 2.12. The number of alkyl halides is 3. The molecule has 1 aromatic rings. The smallest absolute Gasteiger partial charge is 0.416 e. The summed E-state index contributed by atoms with van der Waals surface area (Å²) in [5.74, 6) is -0.842. The second-order valence-corrected chi connectivity index (χ2v) is 6.14. The third kappa shape index (κ3) is 5.47. The van der Waals surface area contributed by atoms with Crippen LogP contribution in [0.5, 0.6) is 0 Å². The van der Waals surface area contributed by atoms with Gasteiger partial charge in [-0.1, -0.05) is 31.0 Å². The molecule has 0 aromatic heterocycles. The van der Waals surface area contributed by atoms with E-state index < -0.39 is 17.7 Å². The molecule has 1 aliphatic rings. The van der Waals surface area contributed by atoms with Crippen LogP contribution in [-0.4, -0.2) is 36.0 Å². The van der Waals surface area contributed by atoms with Crippen LogP contribution in [0.3, 0.4) is 0 Å². The lowest BCUT2D eigenvalue weighted by Crippen LogP contribution is -2.43. The van der Waals surface area contributed by atoms with Crippen LogP contribution in [0.2, 0.25) is 0 Å². The second kappa shape index (κ2) is 8.36. The fraction of sp³-hybridized carbons (Fsp3) is 0.556. The average molecular weight is 357 g/mol. The molecule has 0 bridgehead atoms. The van der Waals surface area contributed by atoms with E-state index in [1.165, 1.54) is 17.0 Å². The zero-order chi connectivity index (χ0) is 18.4. The van der Waals surface area contributed by atoms with Crippen molar-refractivity contribution in [1.29, 1.82) is 0 Å². The first-order chi connectivity index (χ1) is 11.8. The molecule has 0 heterocycles. The minimum Gasteiger partial charge on any atom is -0.465 e. The molecule has 0 N–H and O–H groups in total. The molecule has 1 aromatic carbocycles. The molecule has 7 heteroatoms. The van der Waals surface area contributed by atoms with E-state index in [-0.39, 0.29) is 37.1 Å². The number of hydrogen-bond acceptors (Lipinski definition) is 3. The number of ether oxygens (including phenoxy) is 1. The van der Waals surface area contributed by atoms with Crippen LogP contribution in [0, 0.1) is 0 Å². The van der Waals surface area contributed by atoms with Gasteiger partial charge in [0.15, 0.2) is 0 Å². The van der Waals surface area contributed by atoms with Crippen molar-refractivity contribution in [2.45, 2.75) is 51.2 Å². The Morgan fingerprint density at radius 3 is 2.52 bits per heavy atom. The summed E-state index contributed by atoms with van der Waals surface area (Å²) in [5.41, 5.74) is -0.498. The molecule has 0 spiro atoms. The third-order valence-electron chi connectivity index (χ3n) is 4.30. The highest BCUT2D eigenvalue weighted by molar-refractivity contribution is 5.84. The summed E-state index contributed by atoms with van der Waals surface area (Å²) in [4.78, 5) is 25.9. The van der Waals surface area contributed by atoms with Crippen LogP contribution < -0.4 is 0 Å². The van der Waals surface area contributed by atoms with Gasteiger partial charge in [-0.2, -0.15) is 13.2 Å². The molecule has 25 heavy (non-hydrogen) atoms. The van der Waals surface area contributed by atoms with Crippen LogP contribution in [-0.2, 0) is 26.9 Å². The van der Waals surface area contributed by atoms with E-state index in [1.54, 1.807) is 6.92 Å². The van der Waals surface area contributed by atoms with E-state index in [4.69, 9.17) is 4.74 Å². The summed E-state index contributed by atoms with van der Waals surface area (Å²) in [6, 6.07) is 4.68. The van der Waals surface area contributed by atoms with Crippen molar-refractivity contribution in [2.24, 2.45) is 0 Å². The Hall–Kier alpha value is -2.05. The SMILES string of the molecule is CCOC(=O)CN(C(=O)Cc1cccc(C(F)(F)F)c1)C1CCCC1. The second-order valence-electron chi connectivity index (χ2n) is 6.14. The zero-order valence-electron chi connectivity index (χ0n) is 14.1. The van der Waals surface area contributed by atoms with Crippen LogP contribution in [0.1, 0.15) is 43.7 Å². The predicted octanol–water partition coefficient (Wildman–Crippen LogP) is 3.58. The molecular weight excluding hydrogens is 335 g/mol. The molecule has 1 saturated carbocycles. The summed E-state index contributed by atoms with van der Waals surface area (Å²) >= 11 is 0. The maximum absolute atomic E-state index is 12.8. The van der Waals surface area contributed by atoms with E-state index in [2.05, 4.69) is 0 Å². The van der Waals surface area contributed by atoms with Crippen molar-refractivity contribution in [3.05, 3.63) is 35.4 Å². The number of hydrogen-bond donors (Lipinski definition) is 0. The normalized spacial score (nSPS) is 15.2. The molecule has 0 saturated heterocycles. The van der Waals surface area contributed by atoms with Gasteiger partial charge in [0.1, 0.15) is 6.54 Å². The fourth-order valence-electron chi connectivity index (χ4n) is 3.12. The molecular formula is C18H22F3NO3. The molecule has 1 amide bonds. The monoisotopic (exact) mass is 357 g/mol. The number of rotatable bonds is 6. The molecule has 2 rings (SSSR count). The first-order valence-electron chi connectivity index (χ1n) is 8.42. The van der Waals surface area contributed by atoms with Crippen LogP contribution in [0.4, 0.5) is 13.2 Å². The average Bonchev–Trinajstić information content (AvgIpc) is 3.06. The lowest BCUT2D eigenvalue weighted by atomic mass is 10.1. The first-order valence-corrected chi connectivity index (χ1v) is 8.42. The van der Waals surface area contributed by atoms with Gasteiger partial charge < -0.3 is 9.64 Å². The summed E-state index contributed by atoms with van der Waals surface area (Å²) in [7, 11) is 0. The first kappa shape index (κ1) is 19.3. The van der Waals surface area contributed by atoms with Gasteiger partial charge in [-0.05, 0) is 31.4 Å². The van der Waals surface area contributed by atoms with Crippen molar-refractivity contribution in [3.63, 3.8) is 0 Å². The van der Waals surface area contributed by atoms with Crippen LogP contribution >= 0.6 is 0 Å². The van der Waals surface area contributed by atoms with Gasteiger partial charge in [0.25, 0.3) is 0 Å². The standard InChI is InChI=1S/C18H22F3NO3/c1-2-25-17(24)12-22(15-8-3-4-9-15)16(23)11-13-6-5-7-14(10-13)18(19,20)21/h5-7,10,15H,2-4,8-9,11-12H2,1H3. The lowest BCUT2D eigenvalue weighted by Gasteiger charge is -2.28. The number of nitrogens with zero attached hydrogens (tertiary/aromatic N) is 1. The maximum Gasteiger partial charge on any atom is 0.416 e. The van der Waals surface area contributed by atoms with E-state index in [1.807, 2.05) is 0 Å². The van der Waals surface area contributed by atoms with Gasteiger partial charge in [-0.3, -0.25) is 9.59 Å².